The number of ketones is 1. The van der Waals surface area contributed by atoms with Gasteiger partial charge in [-0.25, -0.2) is 4.98 Å². The maximum absolute atomic E-state index is 11.4. The van der Waals surface area contributed by atoms with Crippen LogP contribution in [0.4, 0.5) is 0 Å². The van der Waals surface area contributed by atoms with Crippen LogP contribution in [0.2, 0.25) is 0 Å². The van der Waals surface area contributed by atoms with E-state index in [-0.39, 0.29) is 12.4 Å². The molecule has 0 atom stereocenters. The van der Waals surface area contributed by atoms with Gasteiger partial charge in [0.25, 0.3) is 0 Å². The monoisotopic (exact) mass is 323 g/mol. The van der Waals surface area contributed by atoms with Gasteiger partial charge in [0.05, 0.1) is 7.11 Å². The van der Waals surface area contributed by atoms with E-state index in [9.17, 15) is 4.79 Å². The predicted octanol–water partition coefficient (Wildman–Crippen LogP) is 4.13. The Bertz CT molecular complexity index is 840. The van der Waals surface area contributed by atoms with Crippen molar-refractivity contribution in [3.63, 3.8) is 0 Å². The van der Waals surface area contributed by atoms with Gasteiger partial charge < -0.3 is 13.9 Å². The second-order valence-electron chi connectivity index (χ2n) is 5.22. The molecule has 3 rings (SSSR count). The Morgan fingerprint density at radius 1 is 1.12 bits per heavy atom. The van der Waals surface area contributed by atoms with Gasteiger partial charge >= 0.3 is 0 Å². The molecule has 0 aliphatic rings. The molecule has 122 valence electrons. The molecule has 0 spiro atoms. The zero-order chi connectivity index (χ0) is 16.9. The highest BCUT2D eigenvalue weighted by Gasteiger charge is 2.11. The fourth-order valence-corrected chi connectivity index (χ4v) is 2.24. The van der Waals surface area contributed by atoms with E-state index in [0.29, 0.717) is 28.6 Å². The summed E-state index contributed by atoms with van der Waals surface area (Å²) in [6, 6.07) is 14.7. The first-order valence-corrected chi connectivity index (χ1v) is 7.49. The van der Waals surface area contributed by atoms with Gasteiger partial charge in [0.15, 0.2) is 17.3 Å². The molecule has 0 aliphatic carbocycles. The number of carbonyl (C=O) groups excluding carboxylic acids is 1. The Morgan fingerprint density at radius 3 is 2.62 bits per heavy atom. The highest BCUT2D eigenvalue weighted by molar-refractivity contribution is 5.94. The minimum Gasteiger partial charge on any atom is -0.493 e. The molecule has 1 heterocycles. The van der Waals surface area contributed by atoms with Crippen molar-refractivity contribution in [1.82, 2.24) is 4.98 Å². The lowest BCUT2D eigenvalue weighted by atomic mass is 10.1. The van der Waals surface area contributed by atoms with Gasteiger partial charge in [-0.1, -0.05) is 18.2 Å². The summed E-state index contributed by atoms with van der Waals surface area (Å²) in [5, 5.41) is 0. The number of hydrogen-bond donors (Lipinski definition) is 0. The van der Waals surface area contributed by atoms with Crippen LogP contribution < -0.4 is 9.47 Å². The van der Waals surface area contributed by atoms with Gasteiger partial charge in [-0.05, 0) is 37.3 Å². The molecule has 0 saturated heterocycles. The van der Waals surface area contributed by atoms with Crippen LogP contribution in [0.5, 0.6) is 11.5 Å². The zero-order valence-corrected chi connectivity index (χ0v) is 13.5. The maximum atomic E-state index is 11.4. The van der Waals surface area contributed by atoms with Gasteiger partial charge in [0.2, 0.25) is 5.89 Å². The number of Topliss-reactive ketones (excluding diaryl/α,β-unsaturated/α-hetero) is 1. The third-order valence-electron chi connectivity index (χ3n) is 3.52. The number of oxazole rings is 1. The van der Waals surface area contributed by atoms with E-state index in [2.05, 4.69) is 4.98 Å². The molecule has 0 radical (unpaired) electrons. The van der Waals surface area contributed by atoms with E-state index in [1.165, 1.54) is 14.0 Å². The lowest BCUT2D eigenvalue weighted by molar-refractivity contribution is 0.101. The summed E-state index contributed by atoms with van der Waals surface area (Å²) < 4.78 is 16.5. The van der Waals surface area contributed by atoms with Gasteiger partial charge in [0.1, 0.15) is 18.6 Å². The highest BCUT2D eigenvalue weighted by Crippen LogP contribution is 2.29. The summed E-state index contributed by atoms with van der Waals surface area (Å²) >= 11 is 0. The average Bonchev–Trinajstić information content (AvgIpc) is 3.09. The molecule has 0 N–H and O–H groups in total. The number of rotatable bonds is 6. The molecule has 5 heteroatoms. The van der Waals surface area contributed by atoms with E-state index in [4.69, 9.17) is 13.9 Å². The van der Waals surface area contributed by atoms with Crippen LogP contribution in [0.25, 0.3) is 11.5 Å². The molecule has 1 aromatic heterocycles. The molecular weight excluding hydrogens is 306 g/mol. The molecule has 2 aromatic carbocycles. The SMILES string of the molecule is COc1cc(C(C)=O)ccc1OCc1coc(-c2ccccc2)n1. The molecule has 0 saturated carbocycles. The Hall–Kier alpha value is -3.08. The number of ether oxygens (including phenoxy) is 2. The van der Waals surface area contributed by atoms with E-state index >= 15 is 0 Å². The van der Waals surface area contributed by atoms with Crippen molar-refractivity contribution >= 4 is 5.78 Å². The fourth-order valence-electron chi connectivity index (χ4n) is 2.24. The average molecular weight is 323 g/mol. The van der Waals surface area contributed by atoms with Crippen molar-refractivity contribution in [2.75, 3.05) is 7.11 Å². The summed E-state index contributed by atoms with van der Waals surface area (Å²) in [4.78, 5) is 15.8. The van der Waals surface area contributed by atoms with Gasteiger partial charge in [0, 0.05) is 11.1 Å². The van der Waals surface area contributed by atoms with Crippen LogP contribution in [-0.2, 0) is 6.61 Å². The third-order valence-corrected chi connectivity index (χ3v) is 3.52. The summed E-state index contributed by atoms with van der Waals surface area (Å²) in [6.45, 7) is 1.75. The second-order valence-corrected chi connectivity index (χ2v) is 5.22. The maximum Gasteiger partial charge on any atom is 0.226 e. The molecule has 0 bridgehead atoms. The Balaban J connectivity index is 1.72. The van der Waals surface area contributed by atoms with Crippen LogP contribution in [0, 0.1) is 0 Å². The van der Waals surface area contributed by atoms with Crippen molar-refractivity contribution in [2.24, 2.45) is 0 Å². The normalized spacial score (nSPS) is 10.4. The molecule has 0 unspecified atom stereocenters. The van der Waals surface area contributed by atoms with Crippen LogP contribution in [0.1, 0.15) is 23.0 Å². The number of methoxy groups -OCH3 is 1. The predicted molar refractivity (Wildman–Crippen MR) is 89.3 cm³/mol. The third kappa shape index (κ3) is 3.46. The molecule has 5 nitrogen and oxygen atoms in total. The van der Waals surface area contributed by atoms with Crippen molar-refractivity contribution < 1.29 is 18.7 Å². The summed E-state index contributed by atoms with van der Waals surface area (Å²) in [7, 11) is 1.54. The standard InChI is InChI=1S/C19H17NO4/c1-13(21)15-8-9-17(18(10-15)22-2)23-11-16-12-24-19(20-16)14-6-4-3-5-7-14/h3-10,12H,11H2,1-2H3. The topological polar surface area (TPSA) is 61.6 Å². The number of carbonyl (C=O) groups is 1. The lowest BCUT2D eigenvalue weighted by Gasteiger charge is -2.10. The summed E-state index contributed by atoms with van der Waals surface area (Å²) in [6.07, 6.45) is 1.57. The van der Waals surface area contributed by atoms with Crippen molar-refractivity contribution in [2.45, 2.75) is 13.5 Å². The van der Waals surface area contributed by atoms with Crippen LogP contribution in [0.3, 0.4) is 0 Å². The highest BCUT2D eigenvalue weighted by atomic mass is 16.5. The molecule has 24 heavy (non-hydrogen) atoms. The second kappa shape index (κ2) is 7.00. The van der Waals surface area contributed by atoms with Crippen molar-refractivity contribution in [3.8, 4) is 23.0 Å². The Labute approximate surface area is 139 Å². The molecule has 0 amide bonds. The minimum absolute atomic E-state index is 0.0242. The van der Waals surface area contributed by atoms with E-state index in [1.54, 1.807) is 24.5 Å². The first kappa shape index (κ1) is 15.8. The molecule has 0 aliphatic heterocycles. The molecule has 0 fully saturated rings. The van der Waals surface area contributed by atoms with E-state index < -0.39 is 0 Å². The van der Waals surface area contributed by atoms with Gasteiger partial charge in [-0.3, -0.25) is 4.79 Å². The number of aromatic nitrogens is 1. The Kier molecular flexibility index (Phi) is 4.61. The number of benzene rings is 2. The van der Waals surface area contributed by atoms with Crippen LogP contribution >= 0.6 is 0 Å². The summed E-state index contributed by atoms with van der Waals surface area (Å²) in [5.74, 6) is 1.58. The summed E-state index contributed by atoms with van der Waals surface area (Å²) in [5.41, 5.74) is 2.16. The van der Waals surface area contributed by atoms with E-state index in [0.717, 1.165) is 5.56 Å². The molecular formula is C19H17NO4. The fraction of sp³-hybridized carbons (Fsp3) is 0.158. The first-order chi connectivity index (χ1) is 11.7. The first-order valence-electron chi connectivity index (χ1n) is 7.49. The van der Waals surface area contributed by atoms with Crippen LogP contribution in [-0.4, -0.2) is 17.9 Å². The smallest absolute Gasteiger partial charge is 0.226 e. The number of hydrogen-bond acceptors (Lipinski definition) is 5. The van der Waals surface area contributed by atoms with Gasteiger partial charge in [-0.15, -0.1) is 0 Å². The number of nitrogens with zero attached hydrogens (tertiary/aromatic N) is 1. The zero-order valence-electron chi connectivity index (χ0n) is 13.5. The van der Waals surface area contributed by atoms with Crippen molar-refractivity contribution in [3.05, 3.63) is 66.1 Å². The van der Waals surface area contributed by atoms with Crippen LogP contribution in [0.15, 0.2) is 59.2 Å². The van der Waals surface area contributed by atoms with Gasteiger partial charge in [-0.2, -0.15) is 0 Å². The molecule has 3 aromatic rings. The largest absolute Gasteiger partial charge is 0.493 e. The van der Waals surface area contributed by atoms with E-state index in [1.807, 2.05) is 30.3 Å². The quantitative estimate of drug-likeness (QED) is 0.638. The van der Waals surface area contributed by atoms with Crippen molar-refractivity contribution in [1.29, 1.82) is 0 Å². The Morgan fingerprint density at radius 2 is 1.92 bits per heavy atom. The lowest BCUT2D eigenvalue weighted by Crippen LogP contribution is -2.00. The minimum atomic E-state index is -0.0242.